The van der Waals surface area contributed by atoms with Gasteiger partial charge in [-0.2, -0.15) is 0 Å². The van der Waals surface area contributed by atoms with Gasteiger partial charge in [0.1, 0.15) is 0 Å². The van der Waals surface area contributed by atoms with Crippen molar-refractivity contribution in [3.63, 3.8) is 0 Å². The summed E-state index contributed by atoms with van der Waals surface area (Å²) in [5.74, 6) is -0.974. The number of nitrogens with zero attached hydrogens (tertiary/aromatic N) is 2. The van der Waals surface area contributed by atoms with Crippen molar-refractivity contribution in [3.8, 4) is 0 Å². The third-order valence-electron chi connectivity index (χ3n) is 6.26. The van der Waals surface area contributed by atoms with E-state index in [1.54, 1.807) is 48.5 Å². The molecule has 2 amide bonds. The second-order valence-electron chi connectivity index (χ2n) is 12.1. The number of halogens is 2. The van der Waals surface area contributed by atoms with Gasteiger partial charge in [-0.25, -0.2) is 0 Å². The molecular weight excluding hydrogens is 719 g/mol. The van der Waals surface area contributed by atoms with Crippen LogP contribution in [0.3, 0.4) is 0 Å². The van der Waals surface area contributed by atoms with Gasteiger partial charge in [0.2, 0.25) is 0 Å². The van der Waals surface area contributed by atoms with E-state index in [-0.39, 0.29) is 0 Å². The van der Waals surface area contributed by atoms with Gasteiger partial charge in [0.25, 0.3) is 0 Å². The molecule has 4 aromatic carbocycles. The number of amides is 2. The molecule has 0 heterocycles. The van der Waals surface area contributed by atoms with Crippen molar-refractivity contribution in [2.45, 2.75) is 50.5 Å². The molecule has 0 aliphatic rings. The average molecular weight is 759 g/mol. The second-order valence-corrected chi connectivity index (χ2v) is 25.0. The number of carbonyl (C=O) groups excluding carboxylic acids is 2. The van der Waals surface area contributed by atoms with E-state index < -0.39 is 60.3 Å². The van der Waals surface area contributed by atoms with Gasteiger partial charge in [0.15, 0.2) is 11.2 Å². The Morgan fingerprint density at radius 3 is 0.844 bits per heavy atom. The summed E-state index contributed by atoms with van der Waals surface area (Å²) >= 11 is -0.826. The van der Waals surface area contributed by atoms with Crippen molar-refractivity contribution >= 4 is 45.3 Å². The van der Waals surface area contributed by atoms with E-state index >= 15 is 0 Å². The molecule has 0 aliphatic heterocycles. The van der Waals surface area contributed by atoms with Gasteiger partial charge in [-0.15, -0.1) is 0 Å². The van der Waals surface area contributed by atoms with E-state index in [2.05, 4.69) is 9.96 Å². The summed E-state index contributed by atoms with van der Waals surface area (Å²) in [7, 11) is 5.91. The quantitative estimate of drug-likeness (QED) is 0.176. The van der Waals surface area contributed by atoms with Crippen LogP contribution >= 0.6 is 17.0 Å². The van der Waals surface area contributed by atoms with Crippen LogP contribution < -0.4 is 0 Å². The maximum absolute atomic E-state index is 12.7. The summed E-state index contributed by atoms with van der Waals surface area (Å²) < 4.78 is 0. The van der Waals surface area contributed by atoms with E-state index in [0.29, 0.717) is 22.3 Å². The third-order valence-corrected chi connectivity index (χ3v) is 8.01. The Labute approximate surface area is 288 Å². The molecule has 0 fully saturated rings. The van der Waals surface area contributed by atoms with Crippen molar-refractivity contribution < 1.29 is 40.7 Å². The van der Waals surface area contributed by atoms with Crippen LogP contribution in [0.1, 0.15) is 22.3 Å². The topological polar surface area (TPSA) is 103 Å². The van der Waals surface area contributed by atoms with Crippen LogP contribution in [-0.4, -0.2) is 38.5 Å². The summed E-state index contributed by atoms with van der Waals surface area (Å²) in [5.41, 5.74) is -1.26. The van der Waals surface area contributed by atoms with E-state index in [4.69, 9.17) is 17.0 Å². The molecule has 0 radical (unpaired) electrons. The Hall–Kier alpha value is -2.36. The van der Waals surface area contributed by atoms with Gasteiger partial charge in [-0.3, -0.25) is 0 Å². The molecule has 11 heteroatoms. The third kappa shape index (κ3) is 11.4. The van der Waals surface area contributed by atoms with Crippen LogP contribution in [0.2, 0.25) is 39.3 Å². The molecule has 4 rings (SSSR count). The Balaban J connectivity index is 0.000000288. The number of rotatable bonds is 8. The average Bonchev–Trinajstić information content (AvgIpc) is 3.01. The van der Waals surface area contributed by atoms with E-state index in [9.17, 15) is 19.8 Å². The minimum absolute atomic E-state index is 0.487. The second kappa shape index (κ2) is 17.5. The molecule has 6 nitrogen and oxygen atoms in total. The number of hydrogen-bond donors (Lipinski definition) is 2. The van der Waals surface area contributed by atoms with Gasteiger partial charge in [0.05, 0.1) is 11.8 Å². The molecule has 0 spiro atoms. The molecule has 45 heavy (non-hydrogen) atoms. The van der Waals surface area contributed by atoms with Gasteiger partial charge >= 0.3 is 37.9 Å². The molecule has 0 atom stereocenters. The van der Waals surface area contributed by atoms with Crippen molar-refractivity contribution in [1.29, 1.82) is 0 Å². The SMILES string of the molecule is C[Si](C)(C)[N-]C(=O)C(O)(c1ccccc1)c1ccccc1.C[Si](C)(C)[N-]C(=O)C(O)(c1ccccc1)c1ccccc1.[Cl][Zr+2][Cl]. The van der Waals surface area contributed by atoms with Gasteiger partial charge in [-0.05, 0) is 38.7 Å². The monoisotopic (exact) mass is 756 g/mol. The molecule has 2 N–H and O–H groups in total. The summed E-state index contributed by atoms with van der Waals surface area (Å²) in [6.45, 7) is 11.8. The maximum atomic E-state index is 12.7. The molecule has 0 saturated carbocycles. The molecule has 236 valence electrons. The van der Waals surface area contributed by atoms with Crippen molar-refractivity contribution in [2.24, 2.45) is 0 Å². The first-order valence-electron chi connectivity index (χ1n) is 14.3. The van der Waals surface area contributed by atoms with Crippen LogP contribution in [0.5, 0.6) is 0 Å². The summed E-state index contributed by atoms with van der Waals surface area (Å²) in [4.78, 5) is 34.0. The minimum atomic E-state index is -1.98. The predicted octanol–water partition coefficient (Wildman–Crippen LogP) is 8.69. The molecule has 0 bridgehead atoms. The summed E-state index contributed by atoms with van der Waals surface area (Å²) in [5, 5.41) is 22.3. The predicted molar refractivity (Wildman–Crippen MR) is 187 cm³/mol. The van der Waals surface area contributed by atoms with Crippen LogP contribution in [0.4, 0.5) is 0 Å². The summed E-state index contributed by atoms with van der Waals surface area (Å²) in [6, 6.07) is 35.9. The van der Waals surface area contributed by atoms with Gasteiger partial charge in [0, 0.05) is 0 Å². The van der Waals surface area contributed by atoms with Crippen molar-refractivity contribution in [2.75, 3.05) is 0 Å². The molecule has 0 saturated heterocycles. The number of hydrogen-bond acceptors (Lipinski definition) is 4. The Morgan fingerprint density at radius 2 is 0.689 bits per heavy atom. The first-order valence-corrected chi connectivity index (χ1v) is 27.5. The van der Waals surface area contributed by atoms with E-state index in [1.807, 2.05) is 112 Å². The van der Waals surface area contributed by atoms with Crippen LogP contribution in [-0.2, 0) is 41.6 Å². The first kappa shape index (κ1) is 38.8. The zero-order valence-corrected chi connectivity index (χ0v) is 32.4. The molecule has 0 unspecified atom stereocenters. The zero-order chi connectivity index (χ0) is 33.7. The van der Waals surface area contributed by atoms with E-state index in [1.165, 1.54) is 0 Å². The van der Waals surface area contributed by atoms with Crippen LogP contribution in [0, 0.1) is 0 Å². The molecule has 0 aliphatic carbocycles. The standard InChI is InChI=1S/2C17H21NO2Si.2ClH.Zr/c2*1-21(2,3)18-16(19)17(20,14-10-6-4-7-11-14)15-12-8-5-9-13-15;;;/h2*4-13,20H,1-3H3,(H,18,19);2*1H;/q;;;;+4/p-4. The number of aliphatic hydroxyl groups is 2. The fourth-order valence-electron chi connectivity index (χ4n) is 4.32. The first-order chi connectivity index (χ1) is 21.1. The Bertz CT molecular complexity index is 1280. The number of benzene rings is 4. The summed E-state index contributed by atoms with van der Waals surface area (Å²) in [6.07, 6.45) is 0. The fourth-order valence-corrected chi connectivity index (χ4v) is 5.86. The molecular formula is C34H40Cl2N2O4Si2Zr. The fraction of sp³-hybridized carbons (Fsp3) is 0.235. The normalized spacial score (nSPS) is 11.4. The number of carbonyl (C=O) groups is 2. The van der Waals surface area contributed by atoms with Gasteiger partial charge < -0.3 is 29.8 Å². The van der Waals surface area contributed by atoms with Crippen LogP contribution in [0.25, 0.3) is 9.96 Å². The molecule has 0 aromatic heterocycles. The van der Waals surface area contributed by atoms with Crippen molar-refractivity contribution in [3.05, 3.63) is 154 Å². The Kier molecular flexibility index (Phi) is 15.1. The zero-order valence-electron chi connectivity index (χ0n) is 26.4. The van der Waals surface area contributed by atoms with E-state index in [0.717, 1.165) is 0 Å². The van der Waals surface area contributed by atoms with Crippen molar-refractivity contribution in [1.82, 2.24) is 0 Å². The Morgan fingerprint density at radius 1 is 0.511 bits per heavy atom. The van der Waals surface area contributed by atoms with Gasteiger partial charge in [-0.1, -0.05) is 161 Å². The molecule has 4 aromatic rings. The van der Waals surface area contributed by atoms with Crippen LogP contribution in [0.15, 0.2) is 121 Å².